The third-order valence-electron chi connectivity index (χ3n) is 3.39. The van der Waals surface area contributed by atoms with Crippen molar-refractivity contribution in [2.45, 2.75) is 32.7 Å². The summed E-state index contributed by atoms with van der Waals surface area (Å²) in [5, 5.41) is 9.49. The Balaban J connectivity index is 2.20. The number of amides is 1. The van der Waals surface area contributed by atoms with Crippen LogP contribution in [-0.2, 0) is 4.79 Å². The second kappa shape index (κ2) is 6.43. The maximum atomic E-state index is 12.7. The molecular formula is C16H19NO4. The highest BCUT2D eigenvalue weighted by Gasteiger charge is 2.22. The van der Waals surface area contributed by atoms with Crippen LogP contribution in [0.15, 0.2) is 34.9 Å². The molecule has 5 nitrogen and oxygen atoms in total. The number of para-hydroxylation sites is 1. The molecule has 0 aliphatic rings. The average molecular weight is 289 g/mol. The van der Waals surface area contributed by atoms with Gasteiger partial charge in [0.2, 0.25) is 0 Å². The molecule has 112 valence electrons. The number of nitrogens with zero attached hydrogens (tertiary/aromatic N) is 1. The van der Waals surface area contributed by atoms with E-state index in [1.54, 1.807) is 4.90 Å². The van der Waals surface area contributed by atoms with Gasteiger partial charge in [-0.25, -0.2) is 0 Å². The highest BCUT2D eigenvalue weighted by Crippen LogP contribution is 2.23. The number of rotatable bonds is 6. The first-order valence-corrected chi connectivity index (χ1v) is 6.99. The molecule has 0 saturated heterocycles. The molecule has 1 N–H and O–H groups in total. The van der Waals surface area contributed by atoms with E-state index < -0.39 is 5.97 Å². The van der Waals surface area contributed by atoms with Crippen LogP contribution in [0.5, 0.6) is 0 Å². The highest BCUT2D eigenvalue weighted by atomic mass is 16.4. The molecular weight excluding hydrogens is 270 g/mol. The molecule has 0 aliphatic heterocycles. The number of fused-ring (bicyclic) bond motifs is 1. The summed E-state index contributed by atoms with van der Waals surface area (Å²) in [7, 11) is 0. The lowest BCUT2D eigenvalue weighted by molar-refractivity contribution is -0.137. The van der Waals surface area contributed by atoms with Crippen LogP contribution in [0.2, 0.25) is 0 Å². The van der Waals surface area contributed by atoms with Gasteiger partial charge in [-0.05, 0) is 26.3 Å². The fraction of sp³-hybridized carbons (Fsp3) is 0.375. The normalized spacial score (nSPS) is 11.0. The number of carbonyl (C=O) groups excluding carboxylic acids is 1. The van der Waals surface area contributed by atoms with Gasteiger partial charge >= 0.3 is 5.97 Å². The minimum Gasteiger partial charge on any atom is -0.481 e. The van der Waals surface area contributed by atoms with Crippen LogP contribution in [-0.4, -0.2) is 34.5 Å². The van der Waals surface area contributed by atoms with E-state index in [0.717, 1.165) is 5.39 Å². The smallest absolute Gasteiger partial charge is 0.303 e. The standard InChI is InChI=1S/C16H19NO4/c1-11(2)17(9-5-8-15(18)19)16(20)13-10-21-14-7-4-3-6-12(13)14/h3-4,6-7,10-11H,5,8-9H2,1-2H3,(H,18,19). The van der Waals surface area contributed by atoms with Crippen molar-refractivity contribution >= 4 is 22.8 Å². The molecule has 1 heterocycles. The second-order valence-electron chi connectivity index (χ2n) is 5.24. The van der Waals surface area contributed by atoms with Gasteiger partial charge in [-0.2, -0.15) is 0 Å². The van der Waals surface area contributed by atoms with Crippen molar-refractivity contribution in [2.75, 3.05) is 6.54 Å². The van der Waals surface area contributed by atoms with E-state index in [4.69, 9.17) is 9.52 Å². The number of carboxylic acids is 1. The quantitative estimate of drug-likeness (QED) is 0.886. The molecule has 21 heavy (non-hydrogen) atoms. The Kier molecular flexibility index (Phi) is 4.62. The van der Waals surface area contributed by atoms with Crippen molar-refractivity contribution in [1.29, 1.82) is 0 Å². The molecule has 0 unspecified atom stereocenters. The van der Waals surface area contributed by atoms with Crippen LogP contribution in [0, 0.1) is 0 Å². The van der Waals surface area contributed by atoms with E-state index in [1.807, 2.05) is 38.1 Å². The maximum absolute atomic E-state index is 12.7. The zero-order valence-electron chi connectivity index (χ0n) is 12.2. The van der Waals surface area contributed by atoms with Gasteiger partial charge in [0, 0.05) is 24.4 Å². The number of carbonyl (C=O) groups is 2. The van der Waals surface area contributed by atoms with Crippen molar-refractivity contribution < 1.29 is 19.1 Å². The van der Waals surface area contributed by atoms with Gasteiger partial charge < -0.3 is 14.4 Å². The van der Waals surface area contributed by atoms with Crippen LogP contribution in [0.25, 0.3) is 11.0 Å². The molecule has 0 radical (unpaired) electrons. The summed E-state index contributed by atoms with van der Waals surface area (Å²) in [6.45, 7) is 4.25. The lowest BCUT2D eigenvalue weighted by Gasteiger charge is -2.26. The summed E-state index contributed by atoms with van der Waals surface area (Å²) in [5.74, 6) is -0.972. The third-order valence-corrected chi connectivity index (χ3v) is 3.39. The van der Waals surface area contributed by atoms with Crippen molar-refractivity contribution in [3.8, 4) is 0 Å². The van der Waals surface area contributed by atoms with Gasteiger partial charge in [0.1, 0.15) is 11.8 Å². The van der Waals surface area contributed by atoms with E-state index >= 15 is 0 Å². The van der Waals surface area contributed by atoms with E-state index in [9.17, 15) is 9.59 Å². The number of furan rings is 1. The molecule has 5 heteroatoms. The molecule has 0 bridgehead atoms. The zero-order valence-corrected chi connectivity index (χ0v) is 12.2. The fourth-order valence-corrected chi connectivity index (χ4v) is 2.29. The minimum atomic E-state index is -0.847. The Bertz CT molecular complexity index is 645. The van der Waals surface area contributed by atoms with Crippen molar-refractivity contribution in [1.82, 2.24) is 4.90 Å². The fourth-order valence-electron chi connectivity index (χ4n) is 2.29. The monoisotopic (exact) mass is 289 g/mol. The largest absolute Gasteiger partial charge is 0.481 e. The topological polar surface area (TPSA) is 70.8 Å². The van der Waals surface area contributed by atoms with Crippen LogP contribution in [0.4, 0.5) is 0 Å². The van der Waals surface area contributed by atoms with E-state index in [1.165, 1.54) is 6.26 Å². The summed E-state index contributed by atoms with van der Waals surface area (Å²) < 4.78 is 5.40. The number of hydrogen-bond acceptors (Lipinski definition) is 3. The predicted molar refractivity (Wildman–Crippen MR) is 79.3 cm³/mol. The first-order valence-electron chi connectivity index (χ1n) is 6.99. The average Bonchev–Trinajstić information content (AvgIpc) is 2.86. The lowest BCUT2D eigenvalue weighted by atomic mass is 10.1. The lowest BCUT2D eigenvalue weighted by Crippen LogP contribution is -2.37. The molecule has 1 amide bonds. The van der Waals surface area contributed by atoms with Gasteiger partial charge in [0.15, 0.2) is 0 Å². The van der Waals surface area contributed by atoms with Gasteiger partial charge in [-0.15, -0.1) is 0 Å². The molecule has 1 aromatic heterocycles. The Morgan fingerprint density at radius 3 is 2.67 bits per heavy atom. The van der Waals surface area contributed by atoms with Gasteiger partial charge in [-0.3, -0.25) is 9.59 Å². The van der Waals surface area contributed by atoms with E-state index in [0.29, 0.717) is 24.1 Å². The molecule has 0 aliphatic carbocycles. The first kappa shape index (κ1) is 15.1. The SMILES string of the molecule is CC(C)N(CCCC(=O)O)C(=O)c1coc2ccccc12. The molecule has 0 saturated carbocycles. The van der Waals surface area contributed by atoms with Crippen molar-refractivity contribution in [3.63, 3.8) is 0 Å². The Labute approximate surface area is 123 Å². The predicted octanol–water partition coefficient (Wildman–Crippen LogP) is 3.15. The van der Waals surface area contributed by atoms with Gasteiger partial charge in [-0.1, -0.05) is 18.2 Å². The number of carboxylic acid groups (broad SMARTS) is 1. The summed E-state index contributed by atoms with van der Waals surface area (Å²) in [6, 6.07) is 7.38. The van der Waals surface area contributed by atoms with Crippen LogP contribution in [0.3, 0.4) is 0 Å². The molecule has 0 atom stereocenters. The molecule has 2 aromatic rings. The van der Waals surface area contributed by atoms with Crippen molar-refractivity contribution in [2.24, 2.45) is 0 Å². The molecule has 0 spiro atoms. The van der Waals surface area contributed by atoms with Crippen LogP contribution in [0.1, 0.15) is 37.0 Å². The minimum absolute atomic E-state index is 0.0000397. The third kappa shape index (κ3) is 3.42. The highest BCUT2D eigenvalue weighted by molar-refractivity contribution is 6.06. The van der Waals surface area contributed by atoms with Crippen LogP contribution >= 0.6 is 0 Å². The van der Waals surface area contributed by atoms with Gasteiger partial charge in [0.05, 0.1) is 5.56 Å². The molecule has 0 fully saturated rings. The van der Waals surface area contributed by atoms with E-state index in [2.05, 4.69) is 0 Å². The maximum Gasteiger partial charge on any atom is 0.303 e. The zero-order chi connectivity index (χ0) is 15.4. The summed E-state index contributed by atoms with van der Waals surface area (Å²) in [6.07, 6.45) is 1.97. The summed E-state index contributed by atoms with van der Waals surface area (Å²) in [5.41, 5.74) is 1.20. The number of hydrogen-bond donors (Lipinski definition) is 1. The van der Waals surface area contributed by atoms with Gasteiger partial charge in [0.25, 0.3) is 5.91 Å². The molecule has 2 rings (SSSR count). The second-order valence-corrected chi connectivity index (χ2v) is 5.24. The molecule has 1 aromatic carbocycles. The Hall–Kier alpha value is -2.30. The summed E-state index contributed by atoms with van der Waals surface area (Å²) in [4.78, 5) is 24.9. The van der Waals surface area contributed by atoms with Crippen molar-refractivity contribution in [3.05, 3.63) is 36.1 Å². The number of benzene rings is 1. The van der Waals surface area contributed by atoms with E-state index in [-0.39, 0.29) is 18.4 Å². The Morgan fingerprint density at radius 2 is 2.00 bits per heavy atom. The Morgan fingerprint density at radius 1 is 1.29 bits per heavy atom. The first-order chi connectivity index (χ1) is 10.0. The number of aliphatic carboxylic acids is 1. The summed E-state index contributed by atoms with van der Waals surface area (Å²) >= 11 is 0. The van der Waals surface area contributed by atoms with Crippen LogP contribution < -0.4 is 0 Å².